The van der Waals surface area contributed by atoms with Gasteiger partial charge >= 0.3 is 0 Å². The van der Waals surface area contributed by atoms with Gasteiger partial charge in [-0.15, -0.1) is 0 Å². The molecule has 2 atom stereocenters. The minimum absolute atomic E-state index is 0.0153. The number of hydrogen-bond donors (Lipinski definition) is 1. The van der Waals surface area contributed by atoms with E-state index in [2.05, 4.69) is 60.7 Å². The third-order valence-electron chi connectivity index (χ3n) is 6.30. The second-order valence-corrected chi connectivity index (χ2v) is 9.79. The van der Waals surface area contributed by atoms with E-state index in [0.717, 1.165) is 24.5 Å². The van der Waals surface area contributed by atoms with Crippen molar-refractivity contribution in [3.63, 3.8) is 0 Å². The summed E-state index contributed by atoms with van der Waals surface area (Å²) in [6.45, 7) is 11.0. The highest BCUT2D eigenvalue weighted by Gasteiger charge is 2.40. The van der Waals surface area contributed by atoms with Crippen molar-refractivity contribution >= 4 is 17.5 Å². The van der Waals surface area contributed by atoms with Gasteiger partial charge in [-0.2, -0.15) is 0 Å². The summed E-state index contributed by atoms with van der Waals surface area (Å²) in [7, 11) is 2.03. The van der Waals surface area contributed by atoms with E-state index in [1.165, 1.54) is 11.3 Å². The Balaban J connectivity index is 1.68. The van der Waals surface area contributed by atoms with Crippen LogP contribution in [0.15, 0.2) is 42.6 Å². The predicted octanol–water partition coefficient (Wildman–Crippen LogP) is 4.84. The van der Waals surface area contributed by atoms with Crippen LogP contribution < -0.4 is 5.32 Å². The topological polar surface area (TPSA) is 37.3 Å². The van der Waals surface area contributed by atoms with Crippen LogP contribution in [-0.2, 0) is 18.4 Å². The first kappa shape index (κ1) is 21.9. The second-order valence-electron chi connectivity index (χ2n) is 9.35. The molecule has 1 aliphatic rings. The Hall–Kier alpha value is -1.78. The molecule has 158 valence electrons. The zero-order chi connectivity index (χ0) is 21.2. The first-order valence-corrected chi connectivity index (χ1v) is 10.9. The van der Waals surface area contributed by atoms with E-state index in [4.69, 9.17) is 11.6 Å². The Kier molecular flexibility index (Phi) is 6.75. The van der Waals surface area contributed by atoms with Crippen molar-refractivity contribution in [2.75, 3.05) is 13.1 Å². The molecule has 4 nitrogen and oxygen atoms in total. The Morgan fingerprint density at radius 2 is 1.93 bits per heavy atom. The molecule has 2 heterocycles. The Morgan fingerprint density at radius 1 is 1.24 bits per heavy atom. The van der Waals surface area contributed by atoms with E-state index >= 15 is 0 Å². The predicted molar refractivity (Wildman–Crippen MR) is 120 cm³/mol. The molecule has 5 heteroatoms. The van der Waals surface area contributed by atoms with Gasteiger partial charge in [0.25, 0.3) is 0 Å². The number of halogens is 1. The largest absolute Gasteiger partial charge is 0.353 e. The van der Waals surface area contributed by atoms with Crippen molar-refractivity contribution in [3.8, 4) is 0 Å². The Bertz CT molecular complexity index is 825. The fraction of sp³-hybridized carbons (Fsp3) is 0.542. The van der Waals surface area contributed by atoms with E-state index in [1.807, 2.05) is 31.4 Å². The molecule has 1 aromatic carbocycles. The molecule has 3 rings (SSSR count). The van der Waals surface area contributed by atoms with Crippen molar-refractivity contribution in [1.82, 2.24) is 14.8 Å². The highest BCUT2D eigenvalue weighted by atomic mass is 35.5. The summed E-state index contributed by atoms with van der Waals surface area (Å²) in [5, 5.41) is 4.28. The number of piperidine rings is 1. The van der Waals surface area contributed by atoms with Gasteiger partial charge < -0.3 is 14.8 Å². The number of aryl methyl sites for hydroxylation is 1. The second kappa shape index (κ2) is 8.93. The number of aromatic nitrogens is 1. The van der Waals surface area contributed by atoms with Gasteiger partial charge in [-0.3, -0.25) is 4.79 Å². The summed E-state index contributed by atoms with van der Waals surface area (Å²) in [5.41, 5.74) is 2.51. The number of likely N-dealkylation sites (tertiary alicyclic amines) is 1. The standard InChI is InChI=1S/C24H34ClN3O/c1-17(2)22(26-15-20-7-6-13-27(20)5)23(29)28-14-12-21(24(3,4)16-28)18-8-10-19(25)11-9-18/h6-11,13,17,21-22,26H,12,14-16H2,1-5H3/t21-,22-/m1/s1. The quantitative estimate of drug-likeness (QED) is 0.733. The van der Waals surface area contributed by atoms with Gasteiger partial charge in [0, 0.05) is 43.6 Å². The lowest BCUT2D eigenvalue weighted by Crippen LogP contribution is -2.54. The summed E-state index contributed by atoms with van der Waals surface area (Å²) < 4.78 is 2.09. The van der Waals surface area contributed by atoms with Crippen molar-refractivity contribution in [2.24, 2.45) is 18.4 Å². The van der Waals surface area contributed by atoms with Gasteiger partial charge in [0.15, 0.2) is 0 Å². The molecule has 0 aliphatic carbocycles. The molecule has 1 aromatic heterocycles. The zero-order valence-corrected chi connectivity index (χ0v) is 19.0. The minimum Gasteiger partial charge on any atom is -0.353 e. The maximum atomic E-state index is 13.4. The number of carbonyl (C=O) groups is 1. The van der Waals surface area contributed by atoms with Gasteiger partial charge in [-0.25, -0.2) is 0 Å². The molecule has 0 radical (unpaired) electrons. The molecule has 1 saturated heterocycles. The van der Waals surface area contributed by atoms with Gasteiger partial charge in [-0.1, -0.05) is 51.4 Å². The van der Waals surface area contributed by atoms with E-state index < -0.39 is 0 Å². The molecule has 29 heavy (non-hydrogen) atoms. The lowest BCUT2D eigenvalue weighted by atomic mass is 9.70. The number of benzene rings is 1. The van der Waals surface area contributed by atoms with Gasteiger partial charge in [0.1, 0.15) is 0 Å². The number of hydrogen-bond acceptors (Lipinski definition) is 2. The summed E-state index contributed by atoms with van der Waals surface area (Å²) >= 11 is 6.07. The number of amides is 1. The fourth-order valence-corrected chi connectivity index (χ4v) is 4.68. The van der Waals surface area contributed by atoms with Crippen LogP contribution in [0.3, 0.4) is 0 Å². The Morgan fingerprint density at radius 3 is 2.48 bits per heavy atom. The van der Waals surface area contributed by atoms with Crippen molar-refractivity contribution in [3.05, 3.63) is 58.9 Å². The molecule has 1 fully saturated rings. The van der Waals surface area contributed by atoms with E-state index in [-0.39, 0.29) is 23.3 Å². The molecule has 2 aromatic rings. The van der Waals surface area contributed by atoms with Gasteiger partial charge in [0.05, 0.1) is 6.04 Å². The third-order valence-corrected chi connectivity index (χ3v) is 6.55. The van der Waals surface area contributed by atoms with Crippen LogP contribution in [0.2, 0.25) is 5.02 Å². The zero-order valence-electron chi connectivity index (χ0n) is 18.3. The molecule has 0 spiro atoms. The highest BCUT2D eigenvalue weighted by molar-refractivity contribution is 6.30. The van der Waals surface area contributed by atoms with Crippen LogP contribution in [0.4, 0.5) is 0 Å². The molecule has 0 bridgehead atoms. The lowest BCUT2D eigenvalue weighted by Gasteiger charge is -2.46. The molecule has 1 aliphatic heterocycles. The van der Waals surface area contributed by atoms with Crippen LogP contribution in [0.1, 0.15) is 51.3 Å². The lowest BCUT2D eigenvalue weighted by molar-refractivity contribution is -0.138. The van der Waals surface area contributed by atoms with Crippen LogP contribution in [0.25, 0.3) is 0 Å². The number of nitrogens with zero attached hydrogens (tertiary/aromatic N) is 2. The maximum absolute atomic E-state index is 13.4. The minimum atomic E-state index is -0.173. The van der Waals surface area contributed by atoms with Crippen LogP contribution in [0.5, 0.6) is 0 Å². The molecular formula is C24H34ClN3O. The smallest absolute Gasteiger partial charge is 0.239 e. The van der Waals surface area contributed by atoms with Gasteiger partial charge in [0.2, 0.25) is 5.91 Å². The molecule has 0 saturated carbocycles. The normalized spacial score (nSPS) is 20.1. The fourth-order valence-electron chi connectivity index (χ4n) is 4.56. The average Bonchev–Trinajstić information content (AvgIpc) is 3.06. The number of rotatable bonds is 6. The monoisotopic (exact) mass is 415 g/mol. The SMILES string of the molecule is CC(C)[C@@H](NCc1cccn1C)C(=O)N1CC[C@H](c2ccc(Cl)cc2)C(C)(C)C1. The first-order valence-electron chi connectivity index (χ1n) is 10.6. The van der Waals surface area contributed by atoms with Crippen LogP contribution in [0, 0.1) is 11.3 Å². The van der Waals surface area contributed by atoms with Gasteiger partial charge in [-0.05, 0) is 53.5 Å². The number of carbonyl (C=O) groups excluding carboxylic acids is 1. The molecule has 1 amide bonds. The van der Waals surface area contributed by atoms with E-state index in [0.29, 0.717) is 12.5 Å². The van der Waals surface area contributed by atoms with E-state index in [9.17, 15) is 4.79 Å². The van der Waals surface area contributed by atoms with Crippen molar-refractivity contribution in [1.29, 1.82) is 0 Å². The summed E-state index contributed by atoms with van der Waals surface area (Å²) in [6, 6.07) is 12.1. The third kappa shape index (κ3) is 5.04. The summed E-state index contributed by atoms with van der Waals surface area (Å²) in [5.74, 6) is 0.884. The average molecular weight is 416 g/mol. The first-order chi connectivity index (χ1) is 13.7. The molecular weight excluding hydrogens is 382 g/mol. The van der Waals surface area contributed by atoms with Crippen molar-refractivity contribution < 1.29 is 4.79 Å². The summed E-state index contributed by atoms with van der Waals surface area (Å²) in [4.78, 5) is 15.5. The van der Waals surface area contributed by atoms with Crippen LogP contribution in [-0.4, -0.2) is 34.5 Å². The summed E-state index contributed by atoms with van der Waals surface area (Å²) in [6.07, 6.45) is 3.01. The van der Waals surface area contributed by atoms with Crippen LogP contribution >= 0.6 is 11.6 Å². The molecule has 1 N–H and O–H groups in total. The maximum Gasteiger partial charge on any atom is 0.239 e. The molecule has 0 unspecified atom stereocenters. The van der Waals surface area contributed by atoms with Crippen molar-refractivity contribution in [2.45, 2.75) is 52.6 Å². The Labute approximate surface area is 180 Å². The number of nitrogens with one attached hydrogen (secondary N) is 1. The highest BCUT2D eigenvalue weighted by Crippen LogP contribution is 2.42. The van der Waals surface area contributed by atoms with E-state index in [1.54, 1.807) is 0 Å².